The summed E-state index contributed by atoms with van der Waals surface area (Å²) in [6.07, 6.45) is 0.512. The van der Waals surface area contributed by atoms with Gasteiger partial charge in [-0.3, -0.25) is 19.6 Å². The number of hydrogen-bond donors (Lipinski definition) is 3. The van der Waals surface area contributed by atoms with Crippen LogP contribution in [0.1, 0.15) is 34.1 Å². The summed E-state index contributed by atoms with van der Waals surface area (Å²) in [6.45, 7) is 6.79. The minimum absolute atomic E-state index is 0.0408. The van der Waals surface area contributed by atoms with E-state index in [1.54, 1.807) is 12.4 Å². The molecule has 0 spiro atoms. The van der Waals surface area contributed by atoms with Crippen molar-refractivity contribution < 1.29 is 19.6 Å². The Labute approximate surface area is 107 Å². The van der Waals surface area contributed by atoms with E-state index >= 15 is 0 Å². The van der Waals surface area contributed by atoms with E-state index in [1.807, 2.05) is 13.8 Å². The van der Waals surface area contributed by atoms with E-state index < -0.39 is 17.7 Å². The highest BCUT2D eigenvalue weighted by Gasteiger charge is 2.30. The predicted molar refractivity (Wildman–Crippen MR) is 65.7 cm³/mol. The number of ketones is 1. The molecular weight excluding hydrogens is 236 g/mol. The largest absolute Gasteiger partial charge is 0.349 e. The van der Waals surface area contributed by atoms with Gasteiger partial charge in [-0.2, -0.15) is 0 Å². The normalized spacial score (nSPS) is 13.9. The van der Waals surface area contributed by atoms with Gasteiger partial charge in [0.05, 0.1) is 6.54 Å². The van der Waals surface area contributed by atoms with Crippen LogP contribution in [-0.4, -0.2) is 29.3 Å². The number of hydroxylamine groups is 1. The van der Waals surface area contributed by atoms with Gasteiger partial charge in [-0.15, -0.1) is 0 Å². The number of rotatable bonds is 7. The second-order valence-corrected chi connectivity index (χ2v) is 4.92. The number of carbonyl (C=O) groups excluding carboxylic acids is 3. The molecule has 2 atom stereocenters. The van der Waals surface area contributed by atoms with Gasteiger partial charge >= 0.3 is 0 Å². The van der Waals surface area contributed by atoms with E-state index in [9.17, 15) is 14.4 Å². The average Bonchev–Trinajstić information content (AvgIpc) is 2.30. The maximum atomic E-state index is 11.9. The van der Waals surface area contributed by atoms with Crippen LogP contribution in [0.25, 0.3) is 0 Å². The molecule has 0 unspecified atom stereocenters. The quantitative estimate of drug-likeness (QED) is 0.457. The number of carbonyl (C=O) groups is 3. The summed E-state index contributed by atoms with van der Waals surface area (Å²) < 4.78 is 0. The zero-order valence-electron chi connectivity index (χ0n) is 11.3. The molecule has 104 valence electrons. The van der Waals surface area contributed by atoms with Crippen molar-refractivity contribution in [2.75, 3.05) is 6.54 Å². The van der Waals surface area contributed by atoms with E-state index in [1.165, 1.54) is 6.92 Å². The van der Waals surface area contributed by atoms with Crippen molar-refractivity contribution in [3.8, 4) is 0 Å². The molecule has 0 rings (SSSR count). The van der Waals surface area contributed by atoms with Gasteiger partial charge in [0.15, 0.2) is 0 Å². The molecule has 0 bridgehead atoms. The van der Waals surface area contributed by atoms with Gasteiger partial charge in [0, 0.05) is 11.8 Å². The molecule has 0 aliphatic carbocycles. The van der Waals surface area contributed by atoms with E-state index in [4.69, 9.17) is 5.21 Å². The number of nitrogens with one attached hydrogen (secondary N) is 2. The molecule has 0 saturated heterocycles. The van der Waals surface area contributed by atoms with Crippen LogP contribution in [0, 0.1) is 17.8 Å². The topological polar surface area (TPSA) is 95.5 Å². The maximum absolute atomic E-state index is 11.9. The highest BCUT2D eigenvalue weighted by molar-refractivity contribution is 5.89. The smallest absolute Gasteiger partial charge is 0.246 e. The molecule has 0 aromatic rings. The van der Waals surface area contributed by atoms with Gasteiger partial charge in [0.1, 0.15) is 5.78 Å². The summed E-state index contributed by atoms with van der Waals surface area (Å²) >= 11 is 0. The minimum Gasteiger partial charge on any atom is -0.349 e. The Bertz CT molecular complexity index is 315. The monoisotopic (exact) mass is 258 g/mol. The summed E-state index contributed by atoms with van der Waals surface area (Å²) in [4.78, 5) is 34.1. The van der Waals surface area contributed by atoms with Crippen LogP contribution in [0.2, 0.25) is 0 Å². The zero-order valence-corrected chi connectivity index (χ0v) is 11.3. The summed E-state index contributed by atoms with van der Waals surface area (Å²) in [5, 5.41) is 11.1. The molecule has 0 saturated carbocycles. The third-order valence-electron chi connectivity index (χ3n) is 2.70. The minimum atomic E-state index is -0.649. The van der Waals surface area contributed by atoms with Crippen LogP contribution in [0.15, 0.2) is 0 Å². The lowest BCUT2D eigenvalue weighted by atomic mass is 9.85. The number of amides is 2. The van der Waals surface area contributed by atoms with Gasteiger partial charge in [-0.1, -0.05) is 20.8 Å². The van der Waals surface area contributed by atoms with Gasteiger partial charge in [-0.25, -0.2) is 5.48 Å². The Hall–Kier alpha value is -1.43. The highest BCUT2D eigenvalue weighted by Crippen LogP contribution is 2.21. The maximum Gasteiger partial charge on any atom is 0.246 e. The molecule has 3 N–H and O–H groups in total. The van der Waals surface area contributed by atoms with Crippen molar-refractivity contribution in [3.63, 3.8) is 0 Å². The van der Waals surface area contributed by atoms with Crippen molar-refractivity contribution in [2.24, 2.45) is 17.8 Å². The van der Waals surface area contributed by atoms with Crippen LogP contribution in [-0.2, 0) is 14.4 Å². The Morgan fingerprint density at radius 3 is 2.06 bits per heavy atom. The molecule has 0 radical (unpaired) electrons. The fraction of sp³-hybridized carbons (Fsp3) is 0.750. The van der Waals surface area contributed by atoms with Crippen LogP contribution >= 0.6 is 0 Å². The average molecular weight is 258 g/mol. The third kappa shape index (κ3) is 5.77. The Balaban J connectivity index is 4.70. The van der Waals surface area contributed by atoms with Crippen LogP contribution < -0.4 is 10.8 Å². The van der Waals surface area contributed by atoms with Gasteiger partial charge < -0.3 is 5.32 Å². The standard InChI is InChI=1S/C12H22N2O4/c1-7(2)5-10(9(4)11(16)14-18)12(17)13-6-8(3)15/h7,9-10,18H,5-6H2,1-4H3,(H,13,17)(H,14,16)/t9-,10-/m1/s1. The molecule has 0 heterocycles. The molecular formula is C12H22N2O4. The Kier molecular flexibility index (Phi) is 7.19. The highest BCUT2D eigenvalue weighted by atomic mass is 16.5. The lowest BCUT2D eigenvalue weighted by Crippen LogP contribution is -2.42. The second kappa shape index (κ2) is 7.81. The second-order valence-electron chi connectivity index (χ2n) is 4.92. The van der Waals surface area contributed by atoms with Gasteiger partial charge in [0.2, 0.25) is 11.8 Å². The first-order valence-corrected chi connectivity index (χ1v) is 6.00. The van der Waals surface area contributed by atoms with Gasteiger partial charge in [0.25, 0.3) is 0 Å². The molecule has 6 heteroatoms. The van der Waals surface area contributed by atoms with Crippen LogP contribution in [0.4, 0.5) is 0 Å². The molecule has 0 aliphatic heterocycles. The summed E-state index contributed by atoms with van der Waals surface area (Å²) in [5.41, 5.74) is 1.55. The number of Topliss-reactive ketones (excluding diaryl/α,β-unsaturated/α-hetero) is 1. The van der Waals surface area contributed by atoms with Crippen LogP contribution in [0.5, 0.6) is 0 Å². The fourth-order valence-electron chi connectivity index (χ4n) is 1.67. The first-order chi connectivity index (χ1) is 8.29. The van der Waals surface area contributed by atoms with Crippen LogP contribution in [0.3, 0.4) is 0 Å². The van der Waals surface area contributed by atoms with E-state index in [0.717, 1.165) is 0 Å². The lowest BCUT2D eigenvalue weighted by molar-refractivity contribution is -0.140. The number of hydrogen-bond acceptors (Lipinski definition) is 4. The van der Waals surface area contributed by atoms with Crippen molar-refractivity contribution in [2.45, 2.75) is 34.1 Å². The first-order valence-electron chi connectivity index (χ1n) is 6.00. The first kappa shape index (κ1) is 16.6. The van der Waals surface area contributed by atoms with Crippen molar-refractivity contribution >= 4 is 17.6 Å². The molecule has 0 fully saturated rings. The molecule has 2 amide bonds. The third-order valence-corrected chi connectivity index (χ3v) is 2.70. The lowest BCUT2D eigenvalue weighted by Gasteiger charge is -2.23. The molecule has 0 aromatic carbocycles. The van der Waals surface area contributed by atoms with E-state index in [-0.39, 0.29) is 24.2 Å². The molecule has 0 aromatic heterocycles. The van der Waals surface area contributed by atoms with E-state index in [0.29, 0.717) is 6.42 Å². The van der Waals surface area contributed by atoms with E-state index in [2.05, 4.69) is 5.32 Å². The predicted octanol–water partition coefficient (Wildman–Crippen LogP) is 0.495. The molecule has 6 nitrogen and oxygen atoms in total. The Morgan fingerprint density at radius 2 is 1.67 bits per heavy atom. The fourth-order valence-corrected chi connectivity index (χ4v) is 1.67. The summed E-state index contributed by atoms with van der Waals surface area (Å²) in [7, 11) is 0. The summed E-state index contributed by atoms with van der Waals surface area (Å²) in [6, 6.07) is 0. The SMILES string of the molecule is CC(=O)CNC(=O)[C@H](CC(C)C)[C@@H](C)C(=O)NO. The zero-order chi connectivity index (χ0) is 14.3. The van der Waals surface area contributed by atoms with Crippen molar-refractivity contribution in [1.82, 2.24) is 10.8 Å². The Morgan fingerprint density at radius 1 is 1.11 bits per heavy atom. The molecule has 0 aliphatic rings. The summed E-state index contributed by atoms with van der Waals surface area (Å²) in [5.74, 6) is -2.06. The van der Waals surface area contributed by atoms with Crippen molar-refractivity contribution in [1.29, 1.82) is 0 Å². The van der Waals surface area contributed by atoms with Crippen molar-refractivity contribution in [3.05, 3.63) is 0 Å². The molecule has 18 heavy (non-hydrogen) atoms. The van der Waals surface area contributed by atoms with Gasteiger partial charge in [-0.05, 0) is 19.3 Å².